The molecule has 1 aliphatic rings. The van der Waals surface area contributed by atoms with Crippen LogP contribution in [0.1, 0.15) is 25.0 Å². The molecule has 0 aromatic heterocycles. The first-order valence-electron chi connectivity index (χ1n) is 9.06. The lowest BCUT2D eigenvalue weighted by atomic mass is 10.2. The van der Waals surface area contributed by atoms with Gasteiger partial charge in [-0.15, -0.1) is 0 Å². The van der Waals surface area contributed by atoms with Gasteiger partial charge in [-0.25, -0.2) is 4.99 Å². The van der Waals surface area contributed by atoms with Crippen LogP contribution in [-0.2, 0) is 4.79 Å². The van der Waals surface area contributed by atoms with E-state index >= 15 is 0 Å². The first kappa shape index (κ1) is 21.7. The van der Waals surface area contributed by atoms with Gasteiger partial charge in [-0.1, -0.05) is 33.6 Å². The molecule has 3 rings (SSSR count). The number of hydrogen-bond donors (Lipinski definition) is 1. The van der Waals surface area contributed by atoms with Crippen molar-refractivity contribution in [2.75, 3.05) is 13.2 Å². The number of rotatable bonds is 6. The molecule has 29 heavy (non-hydrogen) atoms. The Morgan fingerprint density at radius 1 is 1.17 bits per heavy atom. The quantitative estimate of drug-likeness (QED) is 0.492. The van der Waals surface area contributed by atoms with Crippen LogP contribution < -0.4 is 14.8 Å². The largest absolute Gasteiger partial charge is 0.490 e. The molecule has 1 saturated heterocycles. The summed E-state index contributed by atoms with van der Waals surface area (Å²) in [7, 11) is 0. The van der Waals surface area contributed by atoms with Crippen LogP contribution in [0, 0.1) is 6.92 Å². The number of carbonyl (C=O) groups is 1. The highest BCUT2D eigenvalue weighted by molar-refractivity contribution is 9.10. The fourth-order valence-corrected chi connectivity index (χ4v) is 4.03. The molecule has 5 nitrogen and oxygen atoms in total. The number of thioether (sulfide) groups is 1. The minimum Gasteiger partial charge on any atom is -0.490 e. The van der Waals surface area contributed by atoms with Gasteiger partial charge >= 0.3 is 0 Å². The van der Waals surface area contributed by atoms with E-state index in [9.17, 15) is 4.79 Å². The highest BCUT2D eigenvalue weighted by atomic mass is 79.9. The molecule has 1 heterocycles. The first-order valence-corrected chi connectivity index (χ1v) is 11.0. The van der Waals surface area contributed by atoms with E-state index in [0.717, 1.165) is 15.6 Å². The summed E-state index contributed by atoms with van der Waals surface area (Å²) >= 11 is 11.0. The lowest BCUT2D eigenvalue weighted by Crippen LogP contribution is -2.19. The standard InChI is InChI=1S/C21H20BrClN2O3S/c1-4-27-17-8-13(15(22)11-18(17)28-5-2)9-19-20(26)25-21(29-19)24-14-7-6-12(3)16(23)10-14/h6-11H,4-5H2,1-3H3,(H,24,25,26)/b19-9-. The zero-order valence-corrected chi connectivity index (χ0v) is 19.4. The molecule has 152 valence electrons. The summed E-state index contributed by atoms with van der Waals surface area (Å²) in [5, 5.41) is 3.93. The van der Waals surface area contributed by atoms with Crippen molar-refractivity contribution in [3.63, 3.8) is 0 Å². The Bertz CT molecular complexity index is 1010. The smallest absolute Gasteiger partial charge is 0.264 e. The Hall–Kier alpha value is -1.96. The van der Waals surface area contributed by atoms with Crippen LogP contribution in [0.3, 0.4) is 0 Å². The maximum atomic E-state index is 12.4. The summed E-state index contributed by atoms with van der Waals surface area (Å²) in [5.41, 5.74) is 2.48. The van der Waals surface area contributed by atoms with Gasteiger partial charge in [0.2, 0.25) is 0 Å². The molecule has 0 atom stereocenters. The molecule has 1 amide bonds. The van der Waals surface area contributed by atoms with Crippen molar-refractivity contribution in [3.8, 4) is 11.5 Å². The van der Waals surface area contributed by atoms with Gasteiger partial charge in [-0.2, -0.15) is 0 Å². The Balaban J connectivity index is 1.88. The Kier molecular flexibility index (Phi) is 7.27. The third-order valence-corrected chi connectivity index (χ3v) is 5.99. The fraction of sp³-hybridized carbons (Fsp3) is 0.238. The zero-order valence-electron chi connectivity index (χ0n) is 16.2. The normalized spacial score (nSPS) is 16.4. The summed E-state index contributed by atoms with van der Waals surface area (Å²) < 4.78 is 12.1. The van der Waals surface area contributed by atoms with Crippen molar-refractivity contribution in [1.82, 2.24) is 5.32 Å². The van der Waals surface area contributed by atoms with E-state index < -0.39 is 0 Å². The maximum Gasteiger partial charge on any atom is 0.264 e. The highest BCUT2D eigenvalue weighted by Gasteiger charge is 2.24. The Morgan fingerprint density at radius 3 is 2.52 bits per heavy atom. The highest BCUT2D eigenvalue weighted by Crippen LogP contribution is 2.37. The van der Waals surface area contributed by atoms with Gasteiger partial charge in [0, 0.05) is 9.50 Å². The second-order valence-electron chi connectivity index (χ2n) is 6.10. The Morgan fingerprint density at radius 2 is 1.86 bits per heavy atom. The fourth-order valence-electron chi connectivity index (χ4n) is 2.59. The molecule has 8 heteroatoms. The van der Waals surface area contributed by atoms with Gasteiger partial charge in [-0.3, -0.25) is 4.79 Å². The third kappa shape index (κ3) is 5.35. The second kappa shape index (κ2) is 9.69. The molecule has 0 unspecified atom stereocenters. The van der Waals surface area contributed by atoms with Crippen molar-refractivity contribution in [2.24, 2.45) is 4.99 Å². The SMILES string of the molecule is CCOc1cc(Br)c(/C=C2\SC(=Nc3ccc(C)c(Cl)c3)NC2=O)cc1OCC. The first-order chi connectivity index (χ1) is 13.9. The number of nitrogens with one attached hydrogen (secondary N) is 1. The van der Waals surface area contributed by atoms with Crippen LogP contribution in [0.15, 0.2) is 44.7 Å². The number of hydrogen-bond acceptors (Lipinski definition) is 5. The third-order valence-electron chi connectivity index (χ3n) is 3.99. The molecule has 2 aromatic rings. The molecule has 1 fully saturated rings. The molecule has 0 saturated carbocycles. The van der Waals surface area contributed by atoms with Crippen LogP contribution in [0.4, 0.5) is 5.69 Å². The molecule has 0 spiro atoms. The molecule has 1 N–H and O–H groups in total. The lowest BCUT2D eigenvalue weighted by Gasteiger charge is -2.13. The van der Waals surface area contributed by atoms with Crippen molar-refractivity contribution in [2.45, 2.75) is 20.8 Å². The van der Waals surface area contributed by atoms with Crippen molar-refractivity contribution < 1.29 is 14.3 Å². The van der Waals surface area contributed by atoms with Gasteiger partial charge < -0.3 is 14.8 Å². The number of nitrogens with zero attached hydrogens (tertiary/aromatic N) is 1. The van der Waals surface area contributed by atoms with Gasteiger partial charge in [0.1, 0.15) is 0 Å². The zero-order chi connectivity index (χ0) is 21.0. The number of aliphatic imine (C=N–C) groups is 1. The lowest BCUT2D eigenvalue weighted by molar-refractivity contribution is -0.115. The summed E-state index contributed by atoms with van der Waals surface area (Å²) in [6.07, 6.45) is 1.80. The number of amidine groups is 1. The minimum absolute atomic E-state index is 0.203. The second-order valence-corrected chi connectivity index (χ2v) is 8.39. The van der Waals surface area contributed by atoms with E-state index in [0.29, 0.717) is 45.5 Å². The predicted molar refractivity (Wildman–Crippen MR) is 123 cm³/mol. The number of benzene rings is 2. The summed E-state index contributed by atoms with van der Waals surface area (Å²) in [4.78, 5) is 17.4. The predicted octanol–water partition coefficient (Wildman–Crippen LogP) is 6.10. The number of carbonyl (C=O) groups excluding carboxylic acids is 1. The van der Waals surface area contributed by atoms with Crippen LogP contribution in [0.5, 0.6) is 11.5 Å². The van der Waals surface area contributed by atoms with Gasteiger partial charge in [0.25, 0.3) is 5.91 Å². The summed E-state index contributed by atoms with van der Waals surface area (Å²) in [5.74, 6) is 1.09. The van der Waals surface area contributed by atoms with Crippen LogP contribution in [0.2, 0.25) is 5.02 Å². The minimum atomic E-state index is -0.203. The van der Waals surface area contributed by atoms with E-state index in [-0.39, 0.29) is 5.91 Å². The van der Waals surface area contributed by atoms with Crippen LogP contribution in [0.25, 0.3) is 6.08 Å². The van der Waals surface area contributed by atoms with E-state index in [2.05, 4.69) is 26.2 Å². The van der Waals surface area contributed by atoms with Gasteiger partial charge in [0.15, 0.2) is 16.7 Å². The molecule has 0 aliphatic carbocycles. The monoisotopic (exact) mass is 494 g/mol. The van der Waals surface area contributed by atoms with E-state index in [1.54, 1.807) is 12.1 Å². The van der Waals surface area contributed by atoms with Crippen molar-refractivity contribution in [3.05, 3.63) is 55.9 Å². The van der Waals surface area contributed by atoms with Gasteiger partial charge in [0.05, 0.1) is 23.8 Å². The number of amides is 1. The number of ether oxygens (including phenoxy) is 2. The molecule has 1 aliphatic heterocycles. The average molecular weight is 496 g/mol. The van der Waals surface area contributed by atoms with Crippen LogP contribution in [-0.4, -0.2) is 24.3 Å². The Labute approximate surface area is 187 Å². The van der Waals surface area contributed by atoms with E-state index in [1.807, 2.05) is 45.0 Å². The van der Waals surface area contributed by atoms with Gasteiger partial charge in [-0.05, 0) is 74.0 Å². The molecule has 0 bridgehead atoms. The molecule has 0 radical (unpaired) electrons. The summed E-state index contributed by atoms with van der Waals surface area (Å²) in [6.45, 7) is 6.81. The van der Waals surface area contributed by atoms with Crippen molar-refractivity contribution >= 4 is 62.1 Å². The maximum absolute atomic E-state index is 12.4. The molecular formula is C21H20BrClN2O3S. The number of aryl methyl sites for hydroxylation is 1. The topological polar surface area (TPSA) is 59.9 Å². The van der Waals surface area contributed by atoms with E-state index in [1.165, 1.54) is 11.8 Å². The molecule has 2 aromatic carbocycles. The summed E-state index contributed by atoms with van der Waals surface area (Å²) in [6, 6.07) is 9.23. The molecular weight excluding hydrogens is 476 g/mol. The van der Waals surface area contributed by atoms with E-state index in [4.69, 9.17) is 21.1 Å². The number of halogens is 2. The van der Waals surface area contributed by atoms with Crippen LogP contribution >= 0.6 is 39.3 Å². The average Bonchev–Trinajstić information content (AvgIpc) is 3.01. The van der Waals surface area contributed by atoms with Crippen molar-refractivity contribution in [1.29, 1.82) is 0 Å².